The summed E-state index contributed by atoms with van der Waals surface area (Å²) in [5.41, 5.74) is 7.85. The summed E-state index contributed by atoms with van der Waals surface area (Å²) in [6.45, 7) is 0. The van der Waals surface area contributed by atoms with E-state index in [4.69, 9.17) is 5.73 Å². The van der Waals surface area contributed by atoms with Crippen LogP contribution in [0.25, 0.3) is 0 Å². The van der Waals surface area contributed by atoms with Crippen LogP contribution in [0.15, 0.2) is 0 Å². The molecule has 0 atom stereocenters. The molecule has 0 saturated carbocycles. The van der Waals surface area contributed by atoms with E-state index in [0.29, 0.717) is 0 Å². The predicted molar refractivity (Wildman–Crippen MR) is 27.5 cm³/mol. The molecule has 0 aromatic carbocycles. The number of tetrazole rings is 1. The zero-order valence-electron chi connectivity index (χ0n) is 4.37. The fraction of sp³-hybridized carbons (Fsp3) is 0.500. The SMILES string of the molecule is CNn1nnnc1N. The van der Waals surface area contributed by atoms with E-state index >= 15 is 0 Å². The molecule has 0 aliphatic carbocycles. The molecule has 0 bridgehead atoms. The average molecular weight is 114 g/mol. The Morgan fingerprint density at radius 3 is 2.75 bits per heavy atom. The van der Waals surface area contributed by atoms with Crippen molar-refractivity contribution in [3.8, 4) is 0 Å². The standard InChI is InChI=1S/C2H6N6/c1-4-8-2(3)5-6-7-8/h4H,1H3,(H2,3,5,7). The van der Waals surface area contributed by atoms with Crippen molar-refractivity contribution in [3.63, 3.8) is 0 Å². The molecule has 1 aromatic heterocycles. The highest BCUT2D eigenvalue weighted by Crippen LogP contribution is 1.82. The number of anilines is 1. The Balaban J connectivity index is 2.92. The van der Waals surface area contributed by atoms with Crippen LogP contribution in [-0.2, 0) is 0 Å². The Labute approximate surface area is 45.6 Å². The average Bonchev–Trinajstić information content (AvgIpc) is 2.14. The first-order chi connectivity index (χ1) is 3.84. The number of nitrogens with one attached hydrogen (secondary N) is 1. The quantitative estimate of drug-likeness (QED) is 0.461. The van der Waals surface area contributed by atoms with Crippen LogP contribution in [0, 0.1) is 0 Å². The van der Waals surface area contributed by atoms with Crippen molar-refractivity contribution in [1.82, 2.24) is 20.3 Å². The van der Waals surface area contributed by atoms with Gasteiger partial charge in [-0.15, -0.1) is 4.79 Å². The van der Waals surface area contributed by atoms with Crippen LogP contribution in [0.2, 0.25) is 0 Å². The third-order valence-electron chi connectivity index (χ3n) is 0.705. The first-order valence-corrected chi connectivity index (χ1v) is 2.06. The van der Waals surface area contributed by atoms with Crippen LogP contribution < -0.4 is 11.2 Å². The van der Waals surface area contributed by atoms with Crippen molar-refractivity contribution >= 4 is 5.95 Å². The van der Waals surface area contributed by atoms with Crippen molar-refractivity contribution in [3.05, 3.63) is 0 Å². The number of nitrogens with zero attached hydrogens (tertiary/aromatic N) is 4. The van der Waals surface area contributed by atoms with Gasteiger partial charge in [0.05, 0.1) is 0 Å². The molecule has 3 N–H and O–H groups in total. The minimum Gasteiger partial charge on any atom is -0.365 e. The van der Waals surface area contributed by atoms with E-state index in [0.717, 1.165) is 0 Å². The molecule has 0 unspecified atom stereocenters. The Morgan fingerprint density at radius 1 is 1.75 bits per heavy atom. The van der Waals surface area contributed by atoms with Gasteiger partial charge in [0.25, 0.3) is 5.95 Å². The molecule has 0 fully saturated rings. The van der Waals surface area contributed by atoms with E-state index in [1.165, 1.54) is 4.79 Å². The normalized spacial score (nSPS) is 9.12. The number of hydrogen-bond acceptors (Lipinski definition) is 5. The van der Waals surface area contributed by atoms with E-state index in [-0.39, 0.29) is 5.95 Å². The summed E-state index contributed by atoms with van der Waals surface area (Å²) in [6, 6.07) is 0. The second-order valence-electron chi connectivity index (χ2n) is 1.17. The Hall–Kier alpha value is -1.33. The first-order valence-electron chi connectivity index (χ1n) is 2.06. The van der Waals surface area contributed by atoms with Crippen LogP contribution >= 0.6 is 0 Å². The number of hydrogen-bond donors (Lipinski definition) is 2. The molecule has 1 heterocycles. The zero-order chi connectivity index (χ0) is 5.98. The maximum absolute atomic E-state index is 5.22. The minimum atomic E-state index is 0.257. The Kier molecular flexibility index (Phi) is 0.991. The van der Waals surface area contributed by atoms with E-state index in [1.807, 2.05) is 0 Å². The maximum atomic E-state index is 5.22. The molecule has 0 saturated heterocycles. The maximum Gasteiger partial charge on any atom is 0.260 e. The molecule has 0 radical (unpaired) electrons. The number of rotatable bonds is 1. The second kappa shape index (κ2) is 1.65. The van der Waals surface area contributed by atoms with Crippen LogP contribution in [0.3, 0.4) is 0 Å². The molecule has 0 aliphatic rings. The van der Waals surface area contributed by atoms with Gasteiger partial charge in [0, 0.05) is 7.05 Å². The van der Waals surface area contributed by atoms with E-state index in [1.54, 1.807) is 7.05 Å². The summed E-state index contributed by atoms with van der Waals surface area (Å²) in [4.78, 5) is 1.26. The molecule has 1 rings (SSSR count). The third-order valence-corrected chi connectivity index (χ3v) is 0.705. The molecule has 8 heavy (non-hydrogen) atoms. The molecule has 0 spiro atoms. The highest BCUT2D eigenvalue weighted by molar-refractivity contribution is 5.10. The lowest BCUT2D eigenvalue weighted by Crippen LogP contribution is -2.13. The van der Waals surface area contributed by atoms with Gasteiger partial charge in [0.15, 0.2) is 0 Å². The topological polar surface area (TPSA) is 81.7 Å². The molecule has 1 aromatic rings. The van der Waals surface area contributed by atoms with Gasteiger partial charge in [-0.1, -0.05) is 5.10 Å². The van der Waals surface area contributed by atoms with Gasteiger partial charge in [0.1, 0.15) is 0 Å². The number of nitrogens with two attached hydrogens (primary N) is 1. The summed E-state index contributed by atoms with van der Waals surface area (Å²) >= 11 is 0. The van der Waals surface area contributed by atoms with Gasteiger partial charge in [-0.25, -0.2) is 0 Å². The van der Waals surface area contributed by atoms with Gasteiger partial charge in [-0.2, -0.15) is 0 Å². The van der Waals surface area contributed by atoms with E-state index in [9.17, 15) is 0 Å². The third kappa shape index (κ3) is 0.552. The molecule has 44 valence electrons. The van der Waals surface area contributed by atoms with E-state index < -0.39 is 0 Å². The lowest BCUT2D eigenvalue weighted by molar-refractivity contribution is 0.728. The highest BCUT2D eigenvalue weighted by atomic mass is 15.7. The van der Waals surface area contributed by atoms with Gasteiger partial charge < -0.3 is 11.2 Å². The minimum absolute atomic E-state index is 0.257. The summed E-state index contributed by atoms with van der Waals surface area (Å²) < 4.78 is 0. The number of nitrogen functional groups attached to an aromatic ring is 1. The second-order valence-corrected chi connectivity index (χ2v) is 1.17. The molecule has 6 nitrogen and oxygen atoms in total. The van der Waals surface area contributed by atoms with Gasteiger partial charge in [-0.05, 0) is 10.4 Å². The smallest absolute Gasteiger partial charge is 0.260 e. The van der Waals surface area contributed by atoms with Crippen LogP contribution in [0.5, 0.6) is 0 Å². The zero-order valence-corrected chi connectivity index (χ0v) is 4.37. The van der Waals surface area contributed by atoms with Gasteiger partial charge >= 0.3 is 0 Å². The van der Waals surface area contributed by atoms with Crippen molar-refractivity contribution in [2.75, 3.05) is 18.2 Å². The van der Waals surface area contributed by atoms with Crippen LogP contribution in [0.4, 0.5) is 5.95 Å². The highest BCUT2D eigenvalue weighted by Gasteiger charge is 1.93. The first kappa shape index (κ1) is 4.82. The molecule has 6 heteroatoms. The van der Waals surface area contributed by atoms with Crippen molar-refractivity contribution in [1.29, 1.82) is 0 Å². The van der Waals surface area contributed by atoms with Crippen molar-refractivity contribution in [2.45, 2.75) is 0 Å². The Morgan fingerprint density at radius 2 is 2.50 bits per heavy atom. The van der Waals surface area contributed by atoms with Crippen LogP contribution in [0.1, 0.15) is 0 Å². The van der Waals surface area contributed by atoms with Crippen molar-refractivity contribution in [2.24, 2.45) is 0 Å². The Bertz CT molecular complexity index is 167. The molecular formula is C2H6N6. The fourth-order valence-corrected chi connectivity index (χ4v) is 0.353. The predicted octanol–water partition coefficient (Wildman–Crippen LogP) is -1.57. The van der Waals surface area contributed by atoms with Gasteiger partial charge in [0.2, 0.25) is 0 Å². The molecule has 0 amide bonds. The fourth-order valence-electron chi connectivity index (χ4n) is 0.353. The summed E-state index contributed by atoms with van der Waals surface area (Å²) in [5.74, 6) is 0.257. The molecular weight excluding hydrogens is 108 g/mol. The van der Waals surface area contributed by atoms with Crippen molar-refractivity contribution < 1.29 is 0 Å². The lowest BCUT2D eigenvalue weighted by Gasteiger charge is -1.93. The van der Waals surface area contributed by atoms with Crippen LogP contribution in [-0.4, -0.2) is 27.4 Å². The molecule has 0 aliphatic heterocycles. The monoisotopic (exact) mass is 114 g/mol. The summed E-state index contributed by atoms with van der Waals surface area (Å²) in [7, 11) is 1.67. The van der Waals surface area contributed by atoms with E-state index in [2.05, 4.69) is 21.0 Å². The largest absolute Gasteiger partial charge is 0.365 e. The summed E-state index contributed by atoms with van der Waals surface area (Å²) in [6.07, 6.45) is 0. The summed E-state index contributed by atoms with van der Waals surface area (Å²) in [5, 5.41) is 10.1. The number of aromatic nitrogens is 4. The lowest BCUT2D eigenvalue weighted by atomic mass is 11.1. The van der Waals surface area contributed by atoms with Gasteiger partial charge in [-0.3, -0.25) is 0 Å².